The Kier molecular flexibility index (Phi) is 2.97. The molecule has 4 heteroatoms. The van der Waals surface area contributed by atoms with Gasteiger partial charge in [0.25, 0.3) is 5.69 Å². The van der Waals surface area contributed by atoms with Crippen LogP contribution in [0, 0.1) is 10.1 Å². The molecule has 0 saturated carbocycles. The highest BCUT2D eigenvalue weighted by Crippen LogP contribution is 2.20. The fourth-order valence-corrected chi connectivity index (χ4v) is 1.21. The lowest BCUT2D eigenvalue weighted by Gasteiger charge is -2.01. The largest absolute Gasteiger partial charge is 0.326 e. The summed E-state index contributed by atoms with van der Waals surface area (Å²) in [5, 5.41) is 10.6. The van der Waals surface area contributed by atoms with E-state index in [-0.39, 0.29) is 10.6 Å². The molecule has 13 heavy (non-hydrogen) atoms. The van der Waals surface area contributed by atoms with Gasteiger partial charge in [-0.15, -0.1) is 0 Å². The van der Waals surface area contributed by atoms with Gasteiger partial charge in [0.2, 0.25) is 0 Å². The van der Waals surface area contributed by atoms with E-state index >= 15 is 0 Å². The summed E-state index contributed by atoms with van der Waals surface area (Å²) in [7, 11) is 0. The maximum absolute atomic E-state index is 10.6. The first kappa shape index (κ1) is 9.67. The lowest BCUT2D eigenvalue weighted by atomic mass is 10.1. The molecule has 0 aliphatic heterocycles. The minimum absolute atomic E-state index is 0.172. The zero-order chi connectivity index (χ0) is 9.84. The molecule has 0 atom stereocenters. The number of nitrogens with zero attached hydrogens (tertiary/aromatic N) is 1. The van der Waals surface area contributed by atoms with E-state index in [1.54, 1.807) is 12.1 Å². The average molecular weight is 180 g/mol. The molecule has 0 radical (unpaired) electrons. The predicted molar refractivity (Wildman–Crippen MR) is 50.4 cm³/mol. The number of benzene rings is 1. The van der Waals surface area contributed by atoms with Gasteiger partial charge in [-0.3, -0.25) is 10.1 Å². The fraction of sp³-hybridized carbons (Fsp3) is 0.333. The van der Waals surface area contributed by atoms with Gasteiger partial charge in [-0.25, -0.2) is 0 Å². The summed E-state index contributed by atoms with van der Waals surface area (Å²) in [6, 6.07) is 5.13. The summed E-state index contributed by atoms with van der Waals surface area (Å²) in [6.07, 6.45) is 0.668. The number of aryl methyl sites for hydroxylation is 1. The topological polar surface area (TPSA) is 69.2 Å². The molecular formula is C9H12N2O2. The lowest BCUT2D eigenvalue weighted by Crippen LogP contribution is -2.00. The summed E-state index contributed by atoms with van der Waals surface area (Å²) in [5.41, 5.74) is 7.11. The first-order chi connectivity index (χ1) is 6.19. The van der Waals surface area contributed by atoms with Crippen molar-refractivity contribution in [2.45, 2.75) is 19.9 Å². The summed E-state index contributed by atoms with van der Waals surface area (Å²) in [6.45, 7) is 2.23. The Hall–Kier alpha value is -1.42. The van der Waals surface area contributed by atoms with Crippen molar-refractivity contribution in [2.75, 3.05) is 0 Å². The summed E-state index contributed by atoms with van der Waals surface area (Å²) in [4.78, 5) is 10.3. The molecule has 1 aromatic rings. The Balaban J connectivity index is 3.18. The molecule has 4 nitrogen and oxygen atoms in total. The van der Waals surface area contributed by atoms with E-state index in [1.807, 2.05) is 13.0 Å². The second kappa shape index (κ2) is 4.00. The monoisotopic (exact) mass is 180 g/mol. The first-order valence-corrected chi connectivity index (χ1v) is 4.15. The molecule has 0 unspecified atom stereocenters. The average Bonchev–Trinajstić information content (AvgIpc) is 2.16. The molecule has 0 aromatic heterocycles. The van der Waals surface area contributed by atoms with Crippen LogP contribution < -0.4 is 5.73 Å². The Labute approximate surface area is 76.5 Å². The second-order valence-electron chi connectivity index (χ2n) is 2.78. The van der Waals surface area contributed by atoms with Crippen LogP contribution in [0.1, 0.15) is 18.1 Å². The standard InChI is InChI=1S/C9H12N2O2/c1-2-8-4-3-7(6-10)5-9(8)11(12)13/h3-5H,2,6,10H2,1H3. The maximum atomic E-state index is 10.6. The zero-order valence-electron chi connectivity index (χ0n) is 7.49. The van der Waals surface area contributed by atoms with E-state index in [9.17, 15) is 10.1 Å². The predicted octanol–water partition coefficient (Wildman–Crippen LogP) is 1.62. The van der Waals surface area contributed by atoms with E-state index in [0.29, 0.717) is 13.0 Å². The third-order valence-corrected chi connectivity index (χ3v) is 1.96. The number of hydrogen-bond acceptors (Lipinski definition) is 3. The van der Waals surface area contributed by atoms with E-state index in [2.05, 4.69) is 0 Å². The van der Waals surface area contributed by atoms with Gasteiger partial charge in [0, 0.05) is 18.2 Å². The van der Waals surface area contributed by atoms with Crippen LogP contribution in [0.3, 0.4) is 0 Å². The van der Waals surface area contributed by atoms with Gasteiger partial charge in [0.15, 0.2) is 0 Å². The minimum Gasteiger partial charge on any atom is -0.326 e. The van der Waals surface area contributed by atoms with Crippen LogP contribution in [0.2, 0.25) is 0 Å². The maximum Gasteiger partial charge on any atom is 0.272 e. The first-order valence-electron chi connectivity index (χ1n) is 4.15. The summed E-state index contributed by atoms with van der Waals surface area (Å²) < 4.78 is 0. The van der Waals surface area contributed by atoms with Crippen LogP contribution in [-0.2, 0) is 13.0 Å². The molecule has 1 rings (SSSR count). The second-order valence-corrected chi connectivity index (χ2v) is 2.78. The Morgan fingerprint density at radius 3 is 2.69 bits per heavy atom. The highest BCUT2D eigenvalue weighted by molar-refractivity contribution is 5.43. The molecule has 0 aliphatic carbocycles. The van der Waals surface area contributed by atoms with Crippen LogP contribution in [-0.4, -0.2) is 4.92 Å². The van der Waals surface area contributed by atoms with Crippen LogP contribution in [0.4, 0.5) is 5.69 Å². The summed E-state index contributed by atoms with van der Waals surface area (Å²) >= 11 is 0. The molecule has 0 saturated heterocycles. The number of nitro benzene ring substituents is 1. The van der Waals surface area contributed by atoms with Crippen molar-refractivity contribution in [3.63, 3.8) is 0 Å². The van der Waals surface area contributed by atoms with Crippen molar-refractivity contribution in [2.24, 2.45) is 5.73 Å². The van der Waals surface area contributed by atoms with Gasteiger partial charge >= 0.3 is 0 Å². The number of nitrogens with two attached hydrogens (primary N) is 1. The van der Waals surface area contributed by atoms with Gasteiger partial charge < -0.3 is 5.73 Å². The van der Waals surface area contributed by atoms with E-state index in [4.69, 9.17) is 5.73 Å². The Morgan fingerprint density at radius 2 is 2.23 bits per heavy atom. The molecule has 0 bridgehead atoms. The van der Waals surface area contributed by atoms with Crippen LogP contribution in [0.25, 0.3) is 0 Å². The van der Waals surface area contributed by atoms with Crippen molar-refractivity contribution in [1.82, 2.24) is 0 Å². The van der Waals surface area contributed by atoms with Crippen LogP contribution in [0.5, 0.6) is 0 Å². The molecule has 0 aliphatic rings. The molecule has 70 valence electrons. The van der Waals surface area contributed by atoms with Crippen molar-refractivity contribution < 1.29 is 4.92 Å². The van der Waals surface area contributed by atoms with Gasteiger partial charge in [0.1, 0.15) is 0 Å². The molecule has 0 fully saturated rings. The molecule has 0 spiro atoms. The fourth-order valence-electron chi connectivity index (χ4n) is 1.21. The highest BCUT2D eigenvalue weighted by atomic mass is 16.6. The van der Waals surface area contributed by atoms with Crippen LogP contribution in [0.15, 0.2) is 18.2 Å². The third-order valence-electron chi connectivity index (χ3n) is 1.96. The quantitative estimate of drug-likeness (QED) is 0.567. The highest BCUT2D eigenvalue weighted by Gasteiger charge is 2.11. The van der Waals surface area contributed by atoms with Crippen molar-refractivity contribution in [3.8, 4) is 0 Å². The van der Waals surface area contributed by atoms with Gasteiger partial charge in [-0.1, -0.05) is 19.1 Å². The Morgan fingerprint density at radius 1 is 1.54 bits per heavy atom. The van der Waals surface area contributed by atoms with Crippen molar-refractivity contribution in [3.05, 3.63) is 39.4 Å². The summed E-state index contributed by atoms with van der Waals surface area (Å²) in [5.74, 6) is 0. The van der Waals surface area contributed by atoms with Crippen molar-refractivity contribution >= 4 is 5.69 Å². The van der Waals surface area contributed by atoms with Gasteiger partial charge in [-0.2, -0.15) is 0 Å². The van der Waals surface area contributed by atoms with Gasteiger partial charge in [0.05, 0.1) is 4.92 Å². The minimum atomic E-state index is -0.363. The molecule has 2 N–H and O–H groups in total. The van der Waals surface area contributed by atoms with Gasteiger partial charge in [-0.05, 0) is 12.0 Å². The molecule has 1 aromatic carbocycles. The molecular weight excluding hydrogens is 168 g/mol. The number of hydrogen-bond donors (Lipinski definition) is 1. The van der Waals surface area contributed by atoms with E-state index < -0.39 is 0 Å². The SMILES string of the molecule is CCc1ccc(CN)cc1[N+](=O)[O-]. The number of rotatable bonds is 3. The molecule has 0 amide bonds. The lowest BCUT2D eigenvalue weighted by molar-refractivity contribution is -0.385. The van der Waals surface area contributed by atoms with E-state index in [0.717, 1.165) is 11.1 Å². The van der Waals surface area contributed by atoms with Crippen molar-refractivity contribution in [1.29, 1.82) is 0 Å². The Bertz CT molecular complexity index is 323. The molecule has 0 heterocycles. The zero-order valence-corrected chi connectivity index (χ0v) is 7.49. The normalized spacial score (nSPS) is 10.0. The van der Waals surface area contributed by atoms with Crippen LogP contribution >= 0.6 is 0 Å². The number of nitro groups is 1. The smallest absolute Gasteiger partial charge is 0.272 e. The third kappa shape index (κ3) is 2.03. The van der Waals surface area contributed by atoms with E-state index in [1.165, 1.54) is 0 Å².